The van der Waals surface area contributed by atoms with E-state index < -0.39 is 5.41 Å². The van der Waals surface area contributed by atoms with Crippen molar-refractivity contribution in [2.24, 2.45) is 5.41 Å². The van der Waals surface area contributed by atoms with Gasteiger partial charge in [-0.3, -0.25) is 9.59 Å². The molecule has 0 heterocycles. The molecule has 2 amide bonds. The van der Waals surface area contributed by atoms with Crippen LogP contribution in [0.4, 0.5) is 0 Å². The van der Waals surface area contributed by atoms with E-state index in [0.29, 0.717) is 26.0 Å². The van der Waals surface area contributed by atoms with Crippen LogP contribution in [-0.4, -0.2) is 50.6 Å². The molecule has 0 spiro atoms. The average Bonchev–Trinajstić information content (AvgIpc) is 2.41. The normalized spacial score (nSPS) is 10.7. The lowest BCUT2D eigenvalue weighted by Gasteiger charge is -2.28. The highest BCUT2D eigenvalue weighted by Gasteiger charge is 2.37. The van der Waals surface area contributed by atoms with Crippen LogP contribution < -0.4 is 5.32 Å². The van der Waals surface area contributed by atoms with Crippen LogP contribution in [0, 0.1) is 16.7 Å². The molecule has 0 aromatic heterocycles. The molecule has 0 atom stereocenters. The first kappa shape index (κ1) is 17.4. The second-order valence-corrected chi connectivity index (χ2v) is 4.40. The van der Waals surface area contributed by atoms with Gasteiger partial charge in [0.25, 0.3) is 0 Å². The number of methoxy groups -OCH3 is 1. The van der Waals surface area contributed by atoms with Crippen LogP contribution in [0.5, 0.6) is 0 Å². The van der Waals surface area contributed by atoms with E-state index in [9.17, 15) is 14.9 Å². The highest BCUT2D eigenvalue weighted by Crippen LogP contribution is 2.27. The van der Waals surface area contributed by atoms with Gasteiger partial charge in [0.1, 0.15) is 5.41 Å². The van der Waals surface area contributed by atoms with Crippen molar-refractivity contribution in [2.45, 2.75) is 26.7 Å². The Morgan fingerprint density at radius 1 is 1.37 bits per heavy atom. The molecule has 6 heteroatoms. The van der Waals surface area contributed by atoms with Gasteiger partial charge in [0, 0.05) is 20.7 Å². The maximum Gasteiger partial charge on any atom is 0.243 e. The molecule has 0 rings (SSSR count). The van der Waals surface area contributed by atoms with E-state index in [-0.39, 0.29) is 18.4 Å². The molecule has 0 unspecified atom stereocenters. The van der Waals surface area contributed by atoms with Gasteiger partial charge in [-0.2, -0.15) is 5.26 Å². The van der Waals surface area contributed by atoms with Crippen LogP contribution in [0.15, 0.2) is 0 Å². The molecule has 0 saturated carbocycles. The van der Waals surface area contributed by atoms with E-state index >= 15 is 0 Å². The van der Waals surface area contributed by atoms with Crippen LogP contribution in [0.3, 0.4) is 0 Å². The van der Waals surface area contributed by atoms with Crippen molar-refractivity contribution in [3.05, 3.63) is 0 Å². The summed E-state index contributed by atoms with van der Waals surface area (Å²) >= 11 is 0. The Morgan fingerprint density at radius 2 is 1.95 bits per heavy atom. The third kappa shape index (κ3) is 4.87. The summed E-state index contributed by atoms with van der Waals surface area (Å²) in [6.07, 6.45) is 0.878. The van der Waals surface area contributed by atoms with Gasteiger partial charge in [-0.25, -0.2) is 0 Å². The highest BCUT2D eigenvalue weighted by atomic mass is 16.5. The predicted octanol–water partition coefficient (Wildman–Crippen LogP) is 0.537. The van der Waals surface area contributed by atoms with Crippen molar-refractivity contribution in [1.82, 2.24) is 10.2 Å². The maximum atomic E-state index is 12.2. The Balaban J connectivity index is 4.49. The molecule has 0 bridgehead atoms. The first-order valence-corrected chi connectivity index (χ1v) is 6.39. The monoisotopic (exact) mass is 269 g/mol. The van der Waals surface area contributed by atoms with Gasteiger partial charge in [-0.1, -0.05) is 13.8 Å². The highest BCUT2D eigenvalue weighted by molar-refractivity contribution is 5.89. The third-order valence-electron chi connectivity index (χ3n) is 3.19. The summed E-state index contributed by atoms with van der Waals surface area (Å²) in [6, 6.07) is 2.08. The van der Waals surface area contributed by atoms with Gasteiger partial charge in [-0.05, 0) is 12.8 Å². The Labute approximate surface area is 114 Å². The molecule has 108 valence electrons. The zero-order valence-corrected chi connectivity index (χ0v) is 12.2. The lowest BCUT2D eigenvalue weighted by molar-refractivity contribution is -0.141. The molecule has 0 aromatic rings. The quantitative estimate of drug-likeness (QED) is 0.652. The smallest absolute Gasteiger partial charge is 0.243 e. The fourth-order valence-corrected chi connectivity index (χ4v) is 1.76. The van der Waals surface area contributed by atoms with E-state index in [1.807, 2.05) is 0 Å². The number of ether oxygens (including phenoxy) is 1. The van der Waals surface area contributed by atoms with Crippen molar-refractivity contribution in [1.29, 1.82) is 5.26 Å². The van der Waals surface area contributed by atoms with Crippen LogP contribution >= 0.6 is 0 Å². The molecule has 0 aliphatic carbocycles. The van der Waals surface area contributed by atoms with Crippen molar-refractivity contribution in [3.8, 4) is 6.07 Å². The van der Waals surface area contributed by atoms with Crippen LogP contribution in [0.2, 0.25) is 0 Å². The standard InChI is InChI=1S/C13H23N3O3/c1-5-13(6-2,10-14)12(18)16(3)9-11(17)15-7-8-19-4/h5-9H2,1-4H3,(H,15,17). The van der Waals surface area contributed by atoms with Crippen LogP contribution in [0.25, 0.3) is 0 Å². The summed E-state index contributed by atoms with van der Waals surface area (Å²) in [4.78, 5) is 25.1. The minimum atomic E-state index is -1.03. The summed E-state index contributed by atoms with van der Waals surface area (Å²) in [6.45, 7) is 4.39. The second-order valence-electron chi connectivity index (χ2n) is 4.40. The van der Waals surface area contributed by atoms with Gasteiger partial charge >= 0.3 is 0 Å². The molecule has 0 saturated heterocycles. The van der Waals surface area contributed by atoms with E-state index in [1.54, 1.807) is 21.0 Å². The Hall–Kier alpha value is -1.61. The van der Waals surface area contributed by atoms with Crippen molar-refractivity contribution < 1.29 is 14.3 Å². The summed E-state index contributed by atoms with van der Waals surface area (Å²) in [7, 11) is 3.08. The lowest BCUT2D eigenvalue weighted by Crippen LogP contribution is -2.45. The van der Waals surface area contributed by atoms with Crippen LogP contribution in [0.1, 0.15) is 26.7 Å². The summed E-state index contributed by atoms with van der Waals surface area (Å²) in [5, 5.41) is 11.8. The zero-order valence-electron chi connectivity index (χ0n) is 12.2. The lowest BCUT2D eigenvalue weighted by atomic mass is 9.82. The Bertz CT molecular complexity index is 346. The molecule has 19 heavy (non-hydrogen) atoms. The molecular weight excluding hydrogens is 246 g/mol. The minimum Gasteiger partial charge on any atom is -0.383 e. The Morgan fingerprint density at radius 3 is 2.37 bits per heavy atom. The number of amides is 2. The second kappa shape index (κ2) is 8.48. The molecule has 0 aromatic carbocycles. The van der Waals surface area contributed by atoms with Gasteiger partial charge in [0.15, 0.2) is 0 Å². The molecule has 0 radical (unpaired) electrons. The van der Waals surface area contributed by atoms with E-state index in [2.05, 4.69) is 11.4 Å². The topological polar surface area (TPSA) is 82.4 Å². The first-order valence-electron chi connectivity index (χ1n) is 6.39. The molecule has 0 aliphatic rings. The largest absolute Gasteiger partial charge is 0.383 e. The summed E-state index contributed by atoms with van der Waals surface area (Å²) < 4.78 is 4.81. The van der Waals surface area contributed by atoms with Crippen LogP contribution in [-0.2, 0) is 14.3 Å². The summed E-state index contributed by atoms with van der Waals surface area (Å²) in [5.74, 6) is -0.561. The molecule has 1 N–H and O–H groups in total. The molecule has 0 fully saturated rings. The third-order valence-corrected chi connectivity index (χ3v) is 3.19. The number of carbonyl (C=O) groups excluding carboxylic acids is 2. The number of nitriles is 1. The van der Waals surface area contributed by atoms with Gasteiger partial charge in [0.2, 0.25) is 11.8 Å². The molecule has 0 aliphatic heterocycles. The number of carbonyl (C=O) groups is 2. The molecular formula is C13H23N3O3. The van der Waals surface area contributed by atoms with Gasteiger partial charge in [0.05, 0.1) is 19.2 Å². The van der Waals surface area contributed by atoms with Crippen molar-refractivity contribution in [2.75, 3.05) is 33.9 Å². The van der Waals surface area contributed by atoms with Gasteiger partial charge in [-0.15, -0.1) is 0 Å². The predicted molar refractivity (Wildman–Crippen MR) is 71.2 cm³/mol. The number of hydrogen-bond donors (Lipinski definition) is 1. The Kier molecular flexibility index (Phi) is 7.77. The fourth-order valence-electron chi connectivity index (χ4n) is 1.76. The summed E-state index contributed by atoms with van der Waals surface area (Å²) in [5.41, 5.74) is -1.03. The fraction of sp³-hybridized carbons (Fsp3) is 0.769. The molecule has 6 nitrogen and oxygen atoms in total. The number of likely N-dealkylation sites (N-methyl/N-ethyl adjacent to an activating group) is 1. The minimum absolute atomic E-state index is 0.0496. The maximum absolute atomic E-state index is 12.2. The van der Waals surface area contributed by atoms with E-state index in [0.717, 1.165) is 0 Å². The number of hydrogen-bond acceptors (Lipinski definition) is 4. The van der Waals surface area contributed by atoms with Crippen molar-refractivity contribution in [3.63, 3.8) is 0 Å². The number of nitrogens with one attached hydrogen (secondary N) is 1. The van der Waals surface area contributed by atoms with Crippen molar-refractivity contribution >= 4 is 11.8 Å². The average molecular weight is 269 g/mol. The van der Waals surface area contributed by atoms with Gasteiger partial charge < -0.3 is 15.0 Å². The van der Waals surface area contributed by atoms with E-state index in [4.69, 9.17) is 4.74 Å². The first-order chi connectivity index (χ1) is 8.97. The zero-order chi connectivity index (χ0) is 14.9. The number of nitrogens with zero attached hydrogens (tertiary/aromatic N) is 2. The number of rotatable bonds is 8. The SMILES string of the molecule is CCC(C#N)(CC)C(=O)N(C)CC(=O)NCCOC. The van der Waals surface area contributed by atoms with E-state index in [1.165, 1.54) is 11.9 Å².